The molecule has 142 valence electrons. The predicted molar refractivity (Wildman–Crippen MR) is 115 cm³/mol. The summed E-state index contributed by atoms with van der Waals surface area (Å²) in [6.45, 7) is 5.49. The number of nitrogens with zero attached hydrogens (tertiary/aromatic N) is 1. The third-order valence-corrected chi connectivity index (χ3v) is 7.95. The van der Waals surface area contributed by atoms with Gasteiger partial charge in [0.05, 0.1) is 22.7 Å². The highest BCUT2D eigenvalue weighted by Gasteiger charge is 2.42. The fourth-order valence-electron chi connectivity index (χ4n) is 5.00. The molecule has 5 rings (SSSR count). The molecule has 2 aromatic rings. The Morgan fingerprint density at radius 2 is 2.15 bits per heavy atom. The topological polar surface area (TPSA) is 24.5 Å². The van der Waals surface area contributed by atoms with Gasteiger partial charge < -0.3 is 15.0 Å². The van der Waals surface area contributed by atoms with Gasteiger partial charge in [-0.25, -0.2) is 0 Å². The van der Waals surface area contributed by atoms with E-state index in [1.165, 1.54) is 45.7 Å². The minimum absolute atomic E-state index is 0.570. The fourth-order valence-corrected chi connectivity index (χ4v) is 6.50. The summed E-state index contributed by atoms with van der Waals surface area (Å²) < 4.78 is 5.39. The van der Waals surface area contributed by atoms with E-state index in [4.69, 9.17) is 16.3 Å². The van der Waals surface area contributed by atoms with E-state index in [1.54, 1.807) is 7.11 Å². The molecule has 0 bridgehead atoms. The molecule has 3 heterocycles. The van der Waals surface area contributed by atoms with Crippen molar-refractivity contribution >= 4 is 29.1 Å². The Balaban J connectivity index is 1.71. The maximum atomic E-state index is 7.05. The highest BCUT2D eigenvalue weighted by molar-refractivity contribution is 7.99. The lowest BCUT2D eigenvalue weighted by molar-refractivity contribution is 0.403. The quantitative estimate of drug-likeness (QED) is 0.759. The average Bonchev–Trinajstić information content (AvgIpc) is 2.84. The molecule has 1 saturated heterocycles. The SMILES string of the molecule is COc1ccc(-c2cc3c4c(c2Cl)SCCCN4[C@H]2CCNC[C@@H]32)c(C)c1. The van der Waals surface area contributed by atoms with E-state index in [9.17, 15) is 0 Å². The van der Waals surface area contributed by atoms with Crippen molar-refractivity contribution in [3.8, 4) is 16.9 Å². The van der Waals surface area contributed by atoms with E-state index < -0.39 is 0 Å². The summed E-state index contributed by atoms with van der Waals surface area (Å²) in [7, 11) is 1.71. The highest BCUT2D eigenvalue weighted by atomic mass is 35.5. The first-order valence-corrected chi connectivity index (χ1v) is 11.2. The Morgan fingerprint density at radius 1 is 1.26 bits per heavy atom. The smallest absolute Gasteiger partial charge is 0.119 e. The van der Waals surface area contributed by atoms with Crippen molar-refractivity contribution in [2.24, 2.45) is 0 Å². The summed E-state index contributed by atoms with van der Waals surface area (Å²) in [4.78, 5) is 3.97. The van der Waals surface area contributed by atoms with Crippen LogP contribution in [0.3, 0.4) is 0 Å². The number of nitrogens with one attached hydrogen (secondary N) is 1. The van der Waals surface area contributed by atoms with Crippen LogP contribution in [-0.4, -0.2) is 38.5 Å². The van der Waals surface area contributed by atoms with Crippen molar-refractivity contribution in [2.45, 2.75) is 36.6 Å². The van der Waals surface area contributed by atoms with Gasteiger partial charge in [0.15, 0.2) is 0 Å². The van der Waals surface area contributed by atoms with E-state index in [2.05, 4.69) is 35.3 Å². The zero-order valence-electron chi connectivity index (χ0n) is 15.8. The summed E-state index contributed by atoms with van der Waals surface area (Å²) in [5.74, 6) is 2.60. The van der Waals surface area contributed by atoms with Crippen LogP contribution in [0.5, 0.6) is 5.75 Å². The van der Waals surface area contributed by atoms with Crippen LogP contribution in [0.15, 0.2) is 29.2 Å². The number of anilines is 1. The monoisotopic (exact) mass is 400 g/mol. The first-order chi connectivity index (χ1) is 13.2. The number of methoxy groups -OCH3 is 1. The molecule has 3 nitrogen and oxygen atoms in total. The molecule has 0 radical (unpaired) electrons. The molecule has 1 N–H and O–H groups in total. The summed E-state index contributed by atoms with van der Waals surface area (Å²) in [6, 6.07) is 9.29. The summed E-state index contributed by atoms with van der Waals surface area (Å²) in [6.07, 6.45) is 2.45. The van der Waals surface area contributed by atoms with Gasteiger partial charge in [0.2, 0.25) is 0 Å². The van der Waals surface area contributed by atoms with Crippen LogP contribution < -0.4 is 15.0 Å². The third-order valence-electron chi connectivity index (χ3n) is 6.27. The van der Waals surface area contributed by atoms with Crippen molar-refractivity contribution in [1.82, 2.24) is 5.32 Å². The Hall–Kier alpha value is -1.36. The standard InChI is InChI=1S/C22H25ClN2OS/c1-13-10-14(26-2)4-5-15(13)16-11-17-18-12-24-7-6-19(18)25-8-3-9-27-22(20(16)23)21(17)25/h4-5,10-11,18-19,24H,3,6-9,12H2,1-2H3/t18-,19-/m0/s1. The minimum Gasteiger partial charge on any atom is -0.497 e. The molecule has 0 saturated carbocycles. The van der Waals surface area contributed by atoms with Gasteiger partial charge in [-0.3, -0.25) is 0 Å². The fraction of sp³-hybridized carbons (Fsp3) is 0.455. The number of ether oxygens (including phenoxy) is 1. The van der Waals surface area contributed by atoms with Gasteiger partial charge in [0.1, 0.15) is 5.75 Å². The summed E-state index contributed by atoms with van der Waals surface area (Å²) >= 11 is 8.99. The zero-order valence-corrected chi connectivity index (χ0v) is 17.4. The van der Waals surface area contributed by atoms with Crippen molar-refractivity contribution in [2.75, 3.05) is 37.4 Å². The van der Waals surface area contributed by atoms with E-state index in [-0.39, 0.29) is 0 Å². The Kier molecular flexibility index (Phi) is 4.53. The molecule has 5 heteroatoms. The lowest BCUT2D eigenvalue weighted by Gasteiger charge is -2.33. The number of fused-ring (bicyclic) bond motifs is 3. The molecule has 27 heavy (non-hydrogen) atoms. The second-order valence-corrected chi connectivity index (χ2v) is 9.23. The summed E-state index contributed by atoms with van der Waals surface area (Å²) in [5.41, 5.74) is 6.51. The van der Waals surface area contributed by atoms with E-state index in [1.807, 2.05) is 17.8 Å². The van der Waals surface area contributed by atoms with Gasteiger partial charge in [-0.1, -0.05) is 17.7 Å². The zero-order chi connectivity index (χ0) is 18.5. The number of thioether (sulfide) groups is 1. The molecular formula is C22H25ClN2OS. The van der Waals surface area contributed by atoms with E-state index in [0.29, 0.717) is 12.0 Å². The molecule has 0 amide bonds. The first kappa shape index (κ1) is 17.7. The van der Waals surface area contributed by atoms with Gasteiger partial charge >= 0.3 is 0 Å². The number of aryl methyl sites for hydroxylation is 1. The van der Waals surface area contributed by atoms with Crippen LogP contribution in [0.25, 0.3) is 11.1 Å². The van der Waals surface area contributed by atoms with Crippen LogP contribution in [-0.2, 0) is 0 Å². The van der Waals surface area contributed by atoms with E-state index >= 15 is 0 Å². The minimum atomic E-state index is 0.570. The number of hydrogen-bond acceptors (Lipinski definition) is 4. The average molecular weight is 401 g/mol. The van der Waals surface area contributed by atoms with Crippen LogP contribution in [0, 0.1) is 6.92 Å². The van der Waals surface area contributed by atoms with Gasteiger partial charge in [0.25, 0.3) is 0 Å². The van der Waals surface area contributed by atoms with Crippen LogP contribution >= 0.6 is 23.4 Å². The summed E-state index contributed by atoms with van der Waals surface area (Å²) in [5, 5.41) is 4.54. The molecule has 3 aliphatic rings. The highest BCUT2D eigenvalue weighted by Crippen LogP contribution is 2.54. The molecule has 3 aliphatic heterocycles. The third kappa shape index (κ3) is 2.76. The van der Waals surface area contributed by atoms with Crippen molar-refractivity contribution in [3.05, 3.63) is 40.4 Å². The lowest BCUT2D eigenvalue weighted by Crippen LogP contribution is -2.44. The van der Waals surface area contributed by atoms with Crippen molar-refractivity contribution in [3.63, 3.8) is 0 Å². The van der Waals surface area contributed by atoms with Crippen molar-refractivity contribution in [1.29, 1.82) is 0 Å². The van der Waals surface area contributed by atoms with Gasteiger partial charge in [0, 0.05) is 30.6 Å². The largest absolute Gasteiger partial charge is 0.497 e. The first-order valence-electron chi connectivity index (χ1n) is 9.80. The number of halogens is 1. The molecule has 2 aromatic carbocycles. The maximum absolute atomic E-state index is 7.05. The molecule has 0 unspecified atom stereocenters. The number of piperidine rings is 1. The number of rotatable bonds is 2. The van der Waals surface area contributed by atoms with E-state index in [0.717, 1.165) is 36.2 Å². The molecule has 0 aliphatic carbocycles. The predicted octanol–water partition coefficient (Wildman–Crippen LogP) is 5.09. The lowest BCUT2D eigenvalue weighted by atomic mass is 9.88. The Bertz CT molecular complexity index is 900. The number of benzene rings is 2. The molecule has 1 fully saturated rings. The molecule has 0 aromatic heterocycles. The molecular weight excluding hydrogens is 376 g/mol. The van der Waals surface area contributed by atoms with Gasteiger partial charge in [-0.05, 0) is 67.0 Å². The van der Waals surface area contributed by atoms with Crippen LogP contribution in [0.1, 0.15) is 29.9 Å². The molecule has 0 spiro atoms. The van der Waals surface area contributed by atoms with Gasteiger partial charge in [-0.15, -0.1) is 11.8 Å². The number of hydrogen-bond donors (Lipinski definition) is 1. The van der Waals surface area contributed by atoms with Crippen LogP contribution in [0.4, 0.5) is 5.69 Å². The molecule has 2 atom stereocenters. The normalized spacial score (nSPS) is 23.6. The second-order valence-electron chi connectivity index (χ2n) is 7.75. The van der Waals surface area contributed by atoms with Gasteiger partial charge in [-0.2, -0.15) is 0 Å². The Morgan fingerprint density at radius 3 is 2.96 bits per heavy atom. The van der Waals surface area contributed by atoms with Crippen molar-refractivity contribution < 1.29 is 4.74 Å². The van der Waals surface area contributed by atoms with Crippen LogP contribution in [0.2, 0.25) is 5.02 Å². The second kappa shape index (κ2) is 6.91. The maximum Gasteiger partial charge on any atom is 0.119 e. The Labute approximate surface area is 170 Å².